The highest BCUT2D eigenvalue weighted by atomic mass is 16.5. The van der Waals surface area contributed by atoms with Crippen LogP contribution in [0.3, 0.4) is 0 Å². The molecule has 0 aliphatic carbocycles. The summed E-state index contributed by atoms with van der Waals surface area (Å²) in [7, 11) is 0. The molecule has 3 N–H and O–H groups in total. The highest BCUT2D eigenvalue weighted by molar-refractivity contribution is 5.76. The van der Waals surface area contributed by atoms with E-state index in [-0.39, 0.29) is 18.5 Å². The Kier molecular flexibility index (Phi) is 43.2. The van der Waals surface area contributed by atoms with E-state index in [4.69, 9.17) is 4.74 Å². The van der Waals surface area contributed by atoms with Gasteiger partial charge in [0.2, 0.25) is 5.91 Å². The Morgan fingerprint density at radius 3 is 1.33 bits per heavy atom. The van der Waals surface area contributed by atoms with Gasteiger partial charge in [-0.15, -0.1) is 0 Å². The van der Waals surface area contributed by atoms with E-state index >= 15 is 0 Å². The van der Waals surface area contributed by atoms with Crippen LogP contribution in [0.1, 0.15) is 239 Å². The van der Waals surface area contributed by atoms with E-state index in [1.807, 2.05) is 6.08 Å². The molecule has 2 unspecified atom stereocenters. The highest BCUT2D eigenvalue weighted by Crippen LogP contribution is 2.14. The van der Waals surface area contributed by atoms with E-state index < -0.39 is 12.1 Å². The van der Waals surface area contributed by atoms with Crippen LogP contribution in [0.25, 0.3) is 0 Å². The number of allylic oxidation sites excluding steroid dienone is 5. The molecule has 0 spiro atoms. The van der Waals surface area contributed by atoms with Crippen molar-refractivity contribution in [1.29, 1.82) is 0 Å². The quantitative estimate of drug-likeness (QED) is 0.0326. The summed E-state index contributed by atoms with van der Waals surface area (Å²) in [5, 5.41) is 22.9. The third kappa shape index (κ3) is 41.5. The number of ether oxygens (including phenoxy) is 1. The lowest BCUT2D eigenvalue weighted by atomic mass is 10.0. The normalized spacial score (nSPS) is 13.0. The van der Waals surface area contributed by atoms with Gasteiger partial charge >= 0.3 is 5.97 Å². The van der Waals surface area contributed by atoms with Gasteiger partial charge in [-0.3, -0.25) is 9.59 Å². The second-order valence-corrected chi connectivity index (χ2v) is 16.1. The molecule has 0 aliphatic heterocycles. The molecule has 2 atom stereocenters. The topological polar surface area (TPSA) is 95.9 Å². The molecule has 0 aliphatic rings. The molecule has 6 heteroatoms. The maximum absolute atomic E-state index is 12.4. The summed E-state index contributed by atoms with van der Waals surface area (Å²) in [5.74, 6) is -0.177. The summed E-state index contributed by atoms with van der Waals surface area (Å²) in [6.07, 6.45) is 52.8. The van der Waals surface area contributed by atoms with Crippen LogP contribution in [0.2, 0.25) is 0 Å². The van der Waals surface area contributed by atoms with Gasteiger partial charge in [-0.25, -0.2) is 0 Å². The summed E-state index contributed by atoms with van der Waals surface area (Å²) < 4.78 is 5.42. The Morgan fingerprint density at radius 1 is 0.491 bits per heavy atom. The Hall–Kier alpha value is -1.92. The summed E-state index contributed by atoms with van der Waals surface area (Å²) in [4.78, 5) is 24.4. The molecule has 0 aromatic heterocycles. The zero-order valence-electron chi connectivity index (χ0n) is 36.4. The fourth-order valence-corrected chi connectivity index (χ4v) is 6.92. The highest BCUT2D eigenvalue weighted by Gasteiger charge is 2.17. The fourth-order valence-electron chi connectivity index (χ4n) is 6.92. The zero-order chi connectivity index (χ0) is 40.1. The predicted molar refractivity (Wildman–Crippen MR) is 236 cm³/mol. The number of esters is 1. The van der Waals surface area contributed by atoms with Gasteiger partial charge in [0.1, 0.15) is 0 Å². The first kappa shape index (κ1) is 53.1. The summed E-state index contributed by atoms with van der Waals surface area (Å²) in [6, 6.07) is -0.665. The van der Waals surface area contributed by atoms with Gasteiger partial charge < -0.3 is 20.3 Å². The Morgan fingerprint density at radius 2 is 0.873 bits per heavy atom. The van der Waals surface area contributed by atoms with Gasteiger partial charge in [-0.1, -0.05) is 185 Å². The molecule has 322 valence electrons. The number of carbonyl (C=O) groups excluding carboxylic acids is 2. The molecule has 0 heterocycles. The van der Waals surface area contributed by atoms with Crippen LogP contribution in [0.5, 0.6) is 0 Å². The number of aliphatic hydroxyl groups is 2. The van der Waals surface area contributed by atoms with Gasteiger partial charge in [0.25, 0.3) is 0 Å². The molecule has 0 radical (unpaired) electrons. The Balaban J connectivity index is 3.60. The standard InChI is InChI=1S/C49H91NO5/c1-3-5-7-9-11-13-15-17-19-21-23-27-31-35-39-43-49(54)55-44-40-36-32-28-24-26-30-34-38-42-48(53)50-46(45-51)47(52)41-37-33-29-25-22-20-18-16-14-12-10-8-6-4-2/h17,19,26,30,37,41,46-47,51-52H,3-16,18,20-25,27-29,31-36,38-40,42-45H2,1-2H3,(H,50,53)/b19-17-,30-26-,41-37+. The first-order chi connectivity index (χ1) is 27.0. The Labute approximate surface area is 341 Å². The monoisotopic (exact) mass is 774 g/mol. The number of unbranched alkanes of at least 4 members (excludes halogenated alkanes) is 28. The Bertz CT molecular complexity index is 900. The van der Waals surface area contributed by atoms with Crippen LogP contribution in [0.15, 0.2) is 36.5 Å². The van der Waals surface area contributed by atoms with Gasteiger partial charge in [-0.2, -0.15) is 0 Å². The zero-order valence-corrected chi connectivity index (χ0v) is 36.4. The van der Waals surface area contributed by atoms with E-state index in [9.17, 15) is 19.8 Å². The van der Waals surface area contributed by atoms with Crippen LogP contribution >= 0.6 is 0 Å². The van der Waals surface area contributed by atoms with Crippen LogP contribution in [-0.4, -0.2) is 47.4 Å². The van der Waals surface area contributed by atoms with Crippen molar-refractivity contribution in [2.24, 2.45) is 0 Å². The molecule has 0 rings (SSSR count). The third-order valence-electron chi connectivity index (χ3n) is 10.6. The lowest BCUT2D eigenvalue weighted by molar-refractivity contribution is -0.143. The van der Waals surface area contributed by atoms with Crippen molar-refractivity contribution in [3.05, 3.63) is 36.5 Å². The van der Waals surface area contributed by atoms with Crippen molar-refractivity contribution >= 4 is 11.9 Å². The molecule has 0 saturated carbocycles. The second kappa shape index (κ2) is 44.8. The molecular formula is C49H91NO5. The lowest BCUT2D eigenvalue weighted by Crippen LogP contribution is -2.45. The maximum atomic E-state index is 12.4. The molecule has 6 nitrogen and oxygen atoms in total. The number of amides is 1. The van der Waals surface area contributed by atoms with Crippen LogP contribution in [-0.2, 0) is 14.3 Å². The van der Waals surface area contributed by atoms with Gasteiger partial charge in [0, 0.05) is 12.8 Å². The largest absolute Gasteiger partial charge is 0.466 e. The van der Waals surface area contributed by atoms with Gasteiger partial charge in [-0.05, 0) is 77.0 Å². The number of hydrogen-bond acceptors (Lipinski definition) is 5. The molecular weight excluding hydrogens is 683 g/mol. The number of hydrogen-bond donors (Lipinski definition) is 3. The van der Waals surface area contributed by atoms with Crippen molar-refractivity contribution in [1.82, 2.24) is 5.32 Å². The number of rotatable bonds is 43. The van der Waals surface area contributed by atoms with Crippen molar-refractivity contribution in [3.8, 4) is 0 Å². The lowest BCUT2D eigenvalue weighted by Gasteiger charge is -2.19. The maximum Gasteiger partial charge on any atom is 0.305 e. The first-order valence-corrected chi connectivity index (χ1v) is 23.8. The average Bonchev–Trinajstić information content (AvgIpc) is 3.18. The molecule has 0 aromatic carbocycles. The summed E-state index contributed by atoms with van der Waals surface area (Å²) in [5.41, 5.74) is 0. The van der Waals surface area contributed by atoms with E-state index in [0.29, 0.717) is 19.4 Å². The SMILES string of the molecule is CCCCCCCC/C=C\CCCCCCCC(=O)OCCCCCC/C=C\CCCC(=O)NC(CO)C(O)/C=C/CCCCCCCCCCCCCC. The smallest absolute Gasteiger partial charge is 0.305 e. The van der Waals surface area contributed by atoms with E-state index in [1.165, 1.54) is 141 Å². The molecule has 0 saturated heterocycles. The minimum absolute atomic E-state index is 0.0469. The van der Waals surface area contributed by atoms with E-state index in [1.54, 1.807) is 6.08 Å². The molecule has 0 bridgehead atoms. The minimum atomic E-state index is -0.875. The molecule has 0 fully saturated rings. The molecule has 55 heavy (non-hydrogen) atoms. The number of aliphatic hydroxyl groups excluding tert-OH is 2. The van der Waals surface area contributed by atoms with Crippen LogP contribution in [0.4, 0.5) is 0 Å². The minimum Gasteiger partial charge on any atom is -0.466 e. The predicted octanol–water partition coefficient (Wildman–Crippen LogP) is 13.7. The van der Waals surface area contributed by atoms with Crippen LogP contribution in [0, 0.1) is 0 Å². The van der Waals surface area contributed by atoms with Crippen molar-refractivity contribution in [2.45, 2.75) is 251 Å². The van der Waals surface area contributed by atoms with Gasteiger partial charge in [0.15, 0.2) is 0 Å². The molecule has 1 amide bonds. The van der Waals surface area contributed by atoms with Crippen molar-refractivity contribution in [2.75, 3.05) is 13.2 Å². The van der Waals surface area contributed by atoms with E-state index in [0.717, 1.165) is 70.6 Å². The summed E-state index contributed by atoms with van der Waals surface area (Å²) in [6.45, 7) is 4.78. The van der Waals surface area contributed by atoms with Crippen molar-refractivity contribution in [3.63, 3.8) is 0 Å². The van der Waals surface area contributed by atoms with Gasteiger partial charge in [0.05, 0.1) is 25.4 Å². The summed E-state index contributed by atoms with van der Waals surface area (Å²) >= 11 is 0. The second-order valence-electron chi connectivity index (χ2n) is 16.1. The fraction of sp³-hybridized carbons (Fsp3) is 0.837. The van der Waals surface area contributed by atoms with Crippen LogP contribution < -0.4 is 5.32 Å². The third-order valence-corrected chi connectivity index (χ3v) is 10.6. The van der Waals surface area contributed by atoms with E-state index in [2.05, 4.69) is 43.5 Å². The van der Waals surface area contributed by atoms with Crippen molar-refractivity contribution < 1.29 is 24.5 Å². The first-order valence-electron chi connectivity index (χ1n) is 23.8. The molecule has 0 aromatic rings. The number of carbonyl (C=O) groups is 2. The average molecular weight is 774 g/mol. The number of nitrogens with one attached hydrogen (secondary N) is 1.